The molecular weight excluding hydrogens is 160 g/mol. The molecule has 0 aromatic heterocycles. The first-order valence-corrected chi connectivity index (χ1v) is 3.55. The first kappa shape index (κ1) is 11.1. The van der Waals surface area contributed by atoms with Crippen molar-refractivity contribution in [2.45, 2.75) is 19.4 Å². The summed E-state index contributed by atoms with van der Waals surface area (Å²) in [7, 11) is 0. The van der Waals surface area contributed by atoms with Gasteiger partial charge in [0.15, 0.2) is 0 Å². The lowest BCUT2D eigenvalue weighted by molar-refractivity contribution is -0.147. The number of hydrogen-bond acceptors (Lipinski definition) is 4. The molecule has 0 bridgehead atoms. The van der Waals surface area contributed by atoms with Crippen LogP contribution < -0.4 is 0 Å². The minimum Gasteiger partial charge on any atom is -0.459 e. The Morgan fingerprint density at radius 2 is 2.17 bits per heavy atom. The summed E-state index contributed by atoms with van der Waals surface area (Å²) in [6, 6.07) is 0. The number of rotatable bonds is 4. The fourth-order valence-corrected chi connectivity index (χ4v) is 0.390. The van der Waals surface area contributed by atoms with Crippen molar-refractivity contribution in [2.24, 2.45) is 0 Å². The predicted molar refractivity (Wildman–Crippen MR) is 43.5 cm³/mol. The van der Waals surface area contributed by atoms with Crippen LogP contribution in [0.4, 0.5) is 0 Å². The number of ether oxygens (including phenoxy) is 1. The summed E-state index contributed by atoms with van der Waals surface area (Å²) in [4.78, 5) is 10.8. The Morgan fingerprint density at radius 3 is 2.50 bits per heavy atom. The zero-order valence-electron chi connectivity index (χ0n) is 7.33. The third-order valence-electron chi connectivity index (χ3n) is 1.20. The topological polar surface area (TPSA) is 66.8 Å². The number of aliphatic hydroxyl groups excluding tert-OH is 1. The van der Waals surface area contributed by atoms with Crippen molar-refractivity contribution in [2.75, 3.05) is 13.2 Å². The van der Waals surface area contributed by atoms with Crippen molar-refractivity contribution in [3.63, 3.8) is 0 Å². The van der Waals surface area contributed by atoms with Gasteiger partial charge in [-0.05, 0) is 13.8 Å². The number of aliphatic hydroxyl groups is 2. The van der Waals surface area contributed by atoms with E-state index in [4.69, 9.17) is 5.11 Å². The molecule has 1 atom stereocenters. The van der Waals surface area contributed by atoms with Gasteiger partial charge in [-0.25, -0.2) is 4.79 Å². The molecule has 0 aromatic rings. The fourth-order valence-electron chi connectivity index (χ4n) is 0.390. The highest BCUT2D eigenvalue weighted by Crippen LogP contribution is 2.03. The monoisotopic (exact) mass is 174 g/mol. The third-order valence-corrected chi connectivity index (χ3v) is 1.20. The van der Waals surface area contributed by atoms with Crippen LogP contribution in [-0.4, -0.2) is 35.0 Å². The Bertz CT molecular complexity index is 183. The van der Waals surface area contributed by atoms with Crippen LogP contribution in [0.2, 0.25) is 0 Å². The van der Waals surface area contributed by atoms with Crippen molar-refractivity contribution < 1.29 is 19.7 Å². The average molecular weight is 174 g/mol. The Morgan fingerprint density at radius 1 is 1.67 bits per heavy atom. The van der Waals surface area contributed by atoms with Gasteiger partial charge >= 0.3 is 5.97 Å². The number of carbonyl (C=O) groups excluding carboxylic acids is 1. The van der Waals surface area contributed by atoms with E-state index in [1.807, 2.05) is 0 Å². The second-order valence-corrected chi connectivity index (χ2v) is 3.01. The smallest absolute Gasteiger partial charge is 0.333 e. The molecule has 0 amide bonds. The molecule has 0 rings (SSSR count). The van der Waals surface area contributed by atoms with Gasteiger partial charge in [0.1, 0.15) is 12.2 Å². The zero-order valence-corrected chi connectivity index (χ0v) is 7.33. The molecule has 1 unspecified atom stereocenters. The summed E-state index contributed by atoms with van der Waals surface area (Å²) < 4.78 is 4.61. The van der Waals surface area contributed by atoms with Crippen molar-refractivity contribution in [1.29, 1.82) is 0 Å². The predicted octanol–water partition coefficient (Wildman–Crippen LogP) is -0.151. The van der Waals surface area contributed by atoms with Crippen LogP contribution in [0, 0.1) is 0 Å². The van der Waals surface area contributed by atoms with Crippen LogP contribution in [0.25, 0.3) is 0 Å². The van der Waals surface area contributed by atoms with Gasteiger partial charge in [-0.15, -0.1) is 0 Å². The standard InChI is InChI=1S/C8H14O4/c1-6(2)7(10)12-5-8(3,11)4-9/h9,11H,1,4-5H2,2-3H3. The lowest BCUT2D eigenvalue weighted by Gasteiger charge is -2.19. The lowest BCUT2D eigenvalue weighted by Crippen LogP contribution is -2.35. The van der Waals surface area contributed by atoms with Crippen molar-refractivity contribution in [3.05, 3.63) is 12.2 Å². The molecule has 0 fully saturated rings. The molecular formula is C8H14O4. The normalized spacial score (nSPS) is 15.0. The minimum absolute atomic E-state index is 0.227. The maximum atomic E-state index is 10.8. The van der Waals surface area contributed by atoms with Gasteiger partial charge in [0, 0.05) is 5.57 Å². The number of hydrogen-bond donors (Lipinski definition) is 2. The molecule has 0 saturated carbocycles. The molecule has 0 aliphatic rings. The highest BCUT2D eigenvalue weighted by atomic mass is 16.5. The van der Waals surface area contributed by atoms with Gasteiger partial charge in [0.05, 0.1) is 6.61 Å². The highest BCUT2D eigenvalue weighted by Gasteiger charge is 2.21. The van der Waals surface area contributed by atoms with E-state index < -0.39 is 18.2 Å². The summed E-state index contributed by atoms with van der Waals surface area (Å²) >= 11 is 0. The van der Waals surface area contributed by atoms with Crippen LogP contribution in [0.5, 0.6) is 0 Å². The number of esters is 1. The zero-order chi connectivity index (χ0) is 9.78. The minimum atomic E-state index is -1.37. The quantitative estimate of drug-likeness (QED) is 0.459. The molecule has 0 heterocycles. The summed E-state index contributed by atoms with van der Waals surface area (Å²) in [5.41, 5.74) is -1.10. The van der Waals surface area contributed by atoms with E-state index in [0.29, 0.717) is 0 Å². The first-order valence-electron chi connectivity index (χ1n) is 3.55. The van der Waals surface area contributed by atoms with Crippen molar-refractivity contribution in [3.8, 4) is 0 Å². The molecule has 0 radical (unpaired) electrons. The van der Waals surface area contributed by atoms with Crippen LogP contribution >= 0.6 is 0 Å². The molecule has 0 aliphatic heterocycles. The van der Waals surface area contributed by atoms with E-state index in [2.05, 4.69) is 11.3 Å². The Kier molecular flexibility index (Phi) is 3.92. The van der Waals surface area contributed by atoms with Gasteiger partial charge in [-0.2, -0.15) is 0 Å². The Hall–Kier alpha value is -0.870. The maximum Gasteiger partial charge on any atom is 0.333 e. The van der Waals surface area contributed by atoms with Gasteiger partial charge in [0.2, 0.25) is 0 Å². The average Bonchev–Trinajstić information content (AvgIpc) is 2.00. The Labute approximate surface area is 71.5 Å². The molecule has 12 heavy (non-hydrogen) atoms. The molecule has 0 aromatic carbocycles. The van der Waals surface area contributed by atoms with Gasteiger partial charge in [-0.3, -0.25) is 0 Å². The lowest BCUT2D eigenvalue weighted by atomic mass is 10.1. The fraction of sp³-hybridized carbons (Fsp3) is 0.625. The molecule has 2 N–H and O–H groups in total. The van der Waals surface area contributed by atoms with E-state index in [0.717, 1.165) is 0 Å². The van der Waals surface area contributed by atoms with E-state index in [9.17, 15) is 9.90 Å². The SMILES string of the molecule is C=C(C)C(=O)OCC(C)(O)CO. The molecule has 4 heteroatoms. The van der Waals surface area contributed by atoms with Gasteiger partial charge in [0.25, 0.3) is 0 Å². The summed E-state index contributed by atoms with van der Waals surface area (Å²) in [6.45, 7) is 5.57. The van der Waals surface area contributed by atoms with E-state index in [1.54, 1.807) is 0 Å². The van der Waals surface area contributed by atoms with E-state index >= 15 is 0 Å². The summed E-state index contributed by atoms with van der Waals surface area (Å²) in [5.74, 6) is -0.566. The summed E-state index contributed by atoms with van der Waals surface area (Å²) in [6.07, 6.45) is 0. The van der Waals surface area contributed by atoms with E-state index in [-0.39, 0.29) is 12.2 Å². The molecule has 70 valence electrons. The second-order valence-electron chi connectivity index (χ2n) is 3.01. The van der Waals surface area contributed by atoms with Crippen molar-refractivity contribution in [1.82, 2.24) is 0 Å². The molecule has 0 aliphatic carbocycles. The van der Waals surface area contributed by atoms with Crippen molar-refractivity contribution >= 4 is 5.97 Å². The molecule has 0 saturated heterocycles. The van der Waals surface area contributed by atoms with Crippen LogP contribution in [0.1, 0.15) is 13.8 Å². The van der Waals surface area contributed by atoms with Crippen LogP contribution in [0.15, 0.2) is 12.2 Å². The van der Waals surface area contributed by atoms with Gasteiger partial charge in [-0.1, -0.05) is 6.58 Å². The van der Waals surface area contributed by atoms with Crippen LogP contribution in [-0.2, 0) is 9.53 Å². The number of carbonyl (C=O) groups is 1. The van der Waals surface area contributed by atoms with E-state index in [1.165, 1.54) is 13.8 Å². The molecule has 0 spiro atoms. The Balaban J connectivity index is 3.83. The van der Waals surface area contributed by atoms with Crippen LogP contribution in [0.3, 0.4) is 0 Å². The maximum absolute atomic E-state index is 10.8. The summed E-state index contributed by atoms with van der Waals surface area (Å²) in [5, 5.41) is 17.8. The third kappa shape index (κ3) is 4.10. The first-order chi connectivity index (χ1) is 5.39. The largest absolute Gasteiger partial charge is 0.459 e. The van der Waals surface area contributed by atoms with Gasteiger partial charge < -0.3 is 14.9 Å². The second kappa shape index (κ2) is 4.23. The highest BCUT2D eigenvalue weighted by molar-refractivity contribution is 5.86. The molecule has 4 nitrogen and oxygen atoms in total.